The molecule has 1 aliphatic rings. The van der Waals surface area contributed by atoms with Gasteiger partial charge in [0.1, 0.15) is 17.2 Å². The van der Waals surface area contributed by atoms with E-state index >= 15 is 0 Å². The van der Waals surface area contributed by atoms with Gasteiger partial charge >= 0.3 is 5.97 Å². The minimum Gasteiger partial charge on any atom is -0.477 e. The number of hydrogen-bond acceptors (Lipinski definition) is 6. The highest BCUT2D eigenvalue weighted by atomic mass is 19.1. The predicted octanol–water partition coefficient (Wildman–Crippen LogP) is 1.73. The standard InChI is InChI=1S/C21H20FN3O5/c1-12-2-4-17(16(22)8-12)25-9-15(21(28)29)19(27)14-3-5-18(23-20(14)25)24-6-7-30-11-13(24)10-26/h2-5,8-9,13,26H,6-7,10-11H2,1H3,(H,28,29). The molecule has 8 nitrogen and oxygen atoms in total. The molecule has 3 heterocycles. The number of carboxylic acids is 1. The minimum atomic E-state index is -1.40. The lowest BCUT2D eigenvalue weighted by Crippen LogP contribution is -2.48. The van der Waals surface area contributed by atoms with Crippen molar-refractivity contribution in [3.05, 3.63) is 63.7 Å². The van der Waals surface area contributed by atoms with Gasteiger partial charge in [0, 0.05) is 12.7 Å². The van der Waals surface area contributed by atoms with Gasteiger partial charge in [0.05, 0.1) is 36.9 Å². The number of anilines is 1. The molecule has 0 spiro atoms. The summed E-state index contributed by atoms with van der Waals surface area (Å²) in [5.74, 6) is -1.49. The fourth-order valence-electron chi connectivity index (χ4n) is 3.60. The number of carboxylic acid groups (broad SMARTS) is 1. The van der Waals surface area contributed by atoms with Crippen molar-refractivity contribution in [2.24, 2.45) is 0 Å². The van der Waals surface area contributed by atoms with Gasteiger partial charge in [0.25, 0.3) is 0 Å². The Kier molecular flexibility index (Phi) is 5.23. The first kappa shape index (κ1) is 20.0. The molecular formula is C21H20FN3O5. The van der Waals surface area contributed by atoms with Crippen molar-refractivity contribution in [2.45, 2.75) is 13.0 Å². The van der Waals surface area contributed by atoms with Crippen LogP contribution in [0.2, 0.25) is 0 Å². The molecule has 1 aromatic carbocycles. The lowest BCUT2D eigenvalue weighted by Gasteiger charge is -2.35. The molecule has 1 saturated heterocycles. The lowest BCUT2D eigenvalue weighted by atomic mass is 10.1. The number of nitrogens with zero attached hydrogens (tertiary/aromatic N) is 3. The van der Waals surface area contributed by atoms with E-state index in [9.17, 15) is 24.2 Å². The smallest absolute Gasteiger partial charge is 0.341 e. The van der Waals surface area contributed by atoms with Crippen LogP contribution in [0.15, 0.2) is 41.3 Å². The number of ether oxygens (including phenoxy) is 1. The van der Waals surface area contributed by atoms with Crippen LogP contribution >= 0.6 is 0 Å². The van der Waals surface area contributed by atoms with E-state index in [2.05, 4.69) is 4.98 Å². The molecule has 2 N–H and O–H groups in total. The average molecular weight is 413 g/mol. The molecule has 0 radical (unpaired) electrons. The summed E-state index contributed by atoms with van der Waals surface area (Å²) in [7, 11) is 0. The van der Waals surface area contributed by atoms with Gasteiger partial charge in [0.15, 0.2) is 5.65 Å². The summed E-state index contributed by atoms with van der Waals surface area (Å²) >= 11 is 0. The first-order valence-corrected chi connectivity index (χ1v) is 9.42. The number of aryl methyl sites for hydroxylation is 1. The lowest BCUT2D eigenvalue weighted by molar-refractivity contribution is 0.0694. The minimum absolute atomic E-state index is 0.0624. The van der Waals surface area contributed by atoms with Crippen LogP contribution in [0.5, 0.6) is 0 Å². The van der Waals surface area contributed by atoms with Gasteiger partial charge in [0.2, 0.25) is 5.43 Å². The summed E-state index contributed by atoms with van der Waals surface area (Å²) in [4.78, 5) is 30.7. The van der Waals surface area contributed by atoms with Crippen molar-refractivity contribution in [3.8, 4) is 5.69 Å². The van der Waals surface area contributed by atoms with E-state index in [0.717, 1.165) is 6.20 Å². The van der Waals surface area contributed by atoms with Crippen LogP contribution in [0.1, 0.15) is 15.9 Å². The first-order valence-electron chi connectivity index (χ1n) is 9.42. The molecule has 0 amide bonds. The maximum Gasteiger partial charge on any atom is 0.341 e. The summed E-state index contributed by atoms with van der Waals surface area (Å²) in [6.45, 7) is 2.86. The van der Waals surface area contributed by atoms with E-state index < -0.39 is 22.8 Å². The number of aromatic carboxylic acids is 1. The van der Waals surface area contributed by atoms with E-state index in [1.165, 1.54) is 22.8 Å². The van der Waals surface area contributed by atoms with E-state index in [4.69, 9.17) is 4.74 Å². The molecule has 0 saturated carbocycles. The maximum atomic E-state index is 14.7. The molecule has 1 fully saturated rings. The molecular weight excluding hydrogens is 393 g/mol. The van der Waals surface area contributed by atoms with Crippen LogP contribution in [-0.2, 0) is 4.74 Å². The van der Waals surface area contributed by atoms with Gasteiger partial charge in [-0.15, -0.1) is 0 Å². The summed E-state index contributed by atoms with van der Waals surface area (Å²) in [6, 6.07) is 7.31. The number of rotatable bonds is 4. The maximum absolute atomic E-state index is 14.7. The molecule has 3 aromatic rings. The van der Waals surface area contributed by atoms with Crippen LogP contribution in [0.4, 0.5) is 10.2 Å². The molecule has 2 aromatic heterocycles. The highest BCUT2D eigenvalue weighted by Gasteiger charge is 2.25. The zero-order valence-corrected chi connectivity index (χ0v) is 16.2. The Hall–Kier alpha value is -3.30. The van der Waals surface area contributed by atoms with E-state index in [1.54, 1.807) is 19.1 Å². The van der Waals surface area contributed by atoms with Crippen LogP contribution in [0.25, 0.3) is 16.7 Å². The molecule has 0 aliphatic carbocycles. The van der Waals surface area contributed by atoms with Crippen LogP contribution in [-0.4, -0.2) is 58.1 Å². The Morgan fingerprint density at radius 2 is 2.13 bits per heavy atom. The molecule has 0 bridgehead atoms. The summed E-state index contributed by atoms with van der Waals surface area (Å²) in [5.41, 5.74) is -0.252. The second kappa shape index (κ2) is 7.85. The third-order valence-electron chi connectivity index (χ3n) is 5.16. The van der Waals surface area contributed by atoms with Crippen LogP contribution in [0, 0.1) is 12.7 Å². The highest BCUT2D eigenvalue weighted by Crippen LogP contribution is 2.24. The monoisotopic (exact) mass is 413 g/mol. The van der Waals surface area contributed by atoms with Gasteiger partial charge in [-0.25, -0.2) is 14.2 Å². The second-order valence-electron chi connectivity index (χ2n) is 7.15. The number of hydrogen-bond donors (Lipinski definition) is 2. The number of aliphatic hydroxyl groups excluding tert-OH is 1. The van der Waals surface area contributed by atoms with E-state index in [-0.39, 0.29) is 29.4 Å². The number of aromatic nitrogens is 2. The Balaban J connectivity index is 1.99. The number of carbonyl (C=O) groups is 1. The normalized spacial score (nSPS) is 16.8. The summed E-state index contributed by atoms with van der Waals surface area (Å²) in [6.07, 6.45) is 1.10. The van der Waals surface area contributed by atoms with Gasteiger partial charge in [-0.3, -0.25) is 9.36 Å². The van der Waals surface area contributed by atoms with Crippen molar-refractivity contribution in [3.63, 3.8) is 0 Å². The zero-order chi connectivity index (χ0) is 21.4. The topological polar surface area (TPSA) is 105 Å². The Morgan fingerprint density at radius 3 is 2.83 bits per heavy atom. The molecule has 9 heteroatoms. The van der Waals surface area contributed by atoms with Crippen LogP contribution < -0.4 is 10.3 Å². The van der Waals surface area contributed by atoms with Crippen molar-refractivity contribution in [1.29, 1.82) is 0 Å². The number of halogens is 1. The van der Waals surface area contributed by atoms with Crippen LogP contribution in [0.3, 0.4) is 0 Å². The second-order valence-corrected chi connectivity index (χ2v) is 7.15. The van der Waals surface area contributed by atoms with Gasteiger partial charge in [-0.1, -0.05) is 6.07 Å². The fourth-order valence-corrected chi connectivity index (χ4v) is 3.60. The third-order valence-corrected chi connectivity index (χ3v) is 5.16. The number of benzene rings is 1. The Bertz CT molecular complexity index is 1190. The van der Waals surface area contributed by atoms with Crippen molar-refractivity contribution < 1.29 is 24.1 Å². The summed E-state index contributed by atoms with van der Waals surface area (Å²) < 4.78 is 21.4. The van der Waals surface area contributed by atoms with Gasteiger partial charge in [-0.05, 0) is 36.8 Å². The first-order chi connectivity index (χ1) is 14.4. The molecule has 30 heavy (non-hydrogen) atoms. The average Bonchev–Trinajstić information content (AvgIpc) is 2.74. The Labute approximate surface area is 170 Å². The molecule has 1 atom stereocenters. The largest absolute Gasteiger partial charge is 0.477 e. The number of pyridine rings is 2. The van der Waals surface area contributed by atoms with Crippen molar-refractivity contribution >= 4 is 22.8 Å². The van der Waals surface area contributed by atoms with E-state index in [1.807, 2.05) is 4.90 Å². The van der Waals surface area contributed by atoms with Crippen molar-refractivity contribution in [1.82, 2.24) is 9.55 Å². The Morgan fingerprint density at radius 1 is 1.33 bits per heavy atom. The quantitative estimate of drug-likeness (QED) is 0.671. The number of morpholine rings is 1. The molecule has 4 rings (SSSR count). The number of aliphatic hydroxyl groups is 1. The van der Waals surface area contributed by atoms with Crippen molar-refractivity contribution in [2.75, 3.05) is 31.3 Å². The van der Waals surface area contributed by atoms with Gasteiger partial charge in [-0.2, -0.15) is 0 Å². The summed E-state index contributed by atoms with van der Waals surface area (Å²) in [5, 5.41) is 19.2. The SMILES string of the molecule is Cc1ccc(-n2cc(C(=O)O)c(=O)c3ccc(N4CCOCC4CO)nc32)c(F)c1. The number of fused-ring (bicyclic) bond motifs is 1. The van der Waals surface area contributed by atoms with E-state index in [0.29, 0.717) is 31.1 Å². The van der Waals surface area contributed by atoms with Gasteiger partial charge < -0.3 is 19.8 Å². The highest BCUT2D eigenvalue weighted by molar-refractivity contribution is 5.92. The molecule has 1 unspecified atom stereocenters. The molecule has 1 aliphatic heterocycles. The fraction of sp³-hybridized carbons (Fsp3) is 0.286. The third kappa shape index (κ3) is 3.42. The predicted molar refractivity (Wildman–Crippen MR) is 108 cm³/mol. The zero-order valence-electron chi connectivity index (χ0n) is 16.2. The molecule has 156 valence electrons.